The first kappa shape index (κ1) is 9.68. The van der Waals surface area contributed by atoms with E-state index in [-0.39, 0.29) is 5.95 Å². The second kappa shape index (κ2) is 3.71. The standard InChI is InChI=1S/C9H6BrN5/c10-7-2-1-6(4-11)8(3-7)15-5-13-9(12)14-15/h1-3,5H,(H2,12,14). The lowest BCUT2D eigenvalue weighted by Gasteiger charge is -2.02. The van der Waals surface area contributed by atoms with E-state index in [9.17, 15) is 0 Å². The molecule has 5 nitrogen and oxygen atoms in total. The molecule has 74 valence electrons. The van der Waals surface area contributed by atoms with E-state index < -0.39 is 0 Å². The maximum atomic E-state index is 8.92. The highest BCUT2D eigenvalue weighted by Crippen LogP contribution is 2.19. The normalized spacial score (nSPS) is 9.87. The summed E-state index contributed by atoms with van der Waals surface area (Å²) < 4.78 is 2.34. The van der Waals surface area contributed by atoms with Crippen molar-refractivity contribution in [3.63, 3.8) is 0 Å². The van der Waals surface area contributed by atoms with E-state index in [2.05, 4.69) is 32.1 Å². The summed E-state index contributed by atoms with van der Waals surface area (Å²) in [7, 11) is 0. The molecule has 0 radical (unpaired) electrons. The molecule has 2 aromatic rings. The molecule has 0 saturated carbocycles. The first-order valence-electron chi connectivity index (χ1n) is 4.08. The Bertz CT molecular complexity index is 540. The quantitative estimate of drug-likeness (QED) is 0.845. The van der Waals surface area contributed by atoms with Gasteiger partial charge in [0, 0.05) is 4.47 Å². The number of benzene rings is 1. The maximum absolute atomic E-state index is 8.92. The van der Waals surface area contributed by atoms with Crippen molar-refractivity contribution in [2.45, 2.75) is 0 Å². The monoisotopic (exact) mass is 263 g/mol. The number of nitriles is 1. The summed E-state index contributed by atoms with van der Waals surface area (Å²) in [5, 5.41) is 12.9. The van der Waals surface area contributed by atoms with E-state index >= 15 is 0 Å². The fourth-order valence-electron chi connectivity index (χ4n) is 1.18. The molecule has 2 rings (SSSR count). The van der Waals surface area contributed by atoms with Crippen LogP contribution < -0.4 is 5.73 Å². The van der Waals surface area contributed by atoms with Crippen LogP contribution in [0.15, 0.2) is 29.0 Å². The van der Waals surface area contributed by atoms with E-state index in [0.717, 1.165) is 4.47 Å². The van der Waals surface area contributed by atoms with Crippen LogP contribution in [0, 0.1) is 11.3 Å². The van der Waals surface area contributed by atoms with Crippen molar-refractivity contribution in [3.8, 4) is 11.8 Å². The van der Waals surface area contributed by atoms with Crippen LogP contribution in [0.2, 0.25) is 0 Å². The third kappa shape index (κ3) is 1.82. The number of aromatic nitrogens is 3. The number of nitrogens with two attached hydrogens (primary N) is 1. The van der Waals surface area contributed by atoms with Crippen LogP contribution in [-0.4, -0.2) is 14.8 Å². The number of nitrogen functional groups attached to an aromatic ring is 1. The largest absolute Gasteiger partial charge is 0.366 e. The summed E-state index contributed by atoms with van der Waals surface area (Å²) in [6.45, 7) is 0. The van der Waals surface area contributed by atoms with Gasteiger partial charge in [0.25, 0.3) is 0 Å². The summed E-state index contributed by atoms with van der Waals surface area (Å²) in [4.78, 5) is 3.80. The number of hydrogen-bond donors (Lipinski definition) is 1. The van der Waals surface area contributed by atoms with Gasteiger partial charge in [0.2, 0.25) is 5.95 Å². The Balaban J connectivity index is 2.61. The van der Waals surface area contributed by atoms with Crippen molar-refractivity contribution in [3.05, 3.63) is 34.6 Å². The summed E-state index contributed by atoms with van der Waals surface area (Å²) in [5.74, 6) is 0.180. The van der Waals surface area contributed by atoms with Crippen LogP contribution in [-0.2, 0) is 0 Å². The molecule has 0 aliphatic carbocycles. The first-order chi connectivity index (χ1) is 7.20. The molecule has 0 fully saturated rings. The molecule has 0 unspecified atom stereocenters. The van der Waals surface area contributed by atoms with Crippen LogP contribution >= 0.6 is 15.9 Å². The average Bonchev–Trinajstić information content (AvgIpc) is 2.65. The predicted molar refractivity (Wildman–Crippen MR) is 58.2 cm³/mol. The molecule has 1 aromatic heterocycles. The van der Waals surface area contributed by atoms with E-state index in [1.807, 2.05) is 0 Å². The number of rotatable bonds is 1. The van der Waals surface area contributed by atoms with Crippen molar-refractivity contribution < 1.29 is 0 Å². The van der Waals surface area contributed by atoms with Gasteiger partial charge >= 0.3 is 0 Å². The molecule has 0 saturated heterocycles. The fourth-order valence-corrected chi connectivity index (χ4v) is 1.53. The minimum Gasteiger partial charge on any atom is -0.366 e. The minimum atomic E-state index is 0.180. The van der Waals surface area contributed by atoms with Crippen molar-refractivity contribution >= 4 is 21.9 Å². The number of hydrogen-bond acceptors (Lipinski definition) is 4. The summed E-state index contributed by atoms with van der Waals surface area (Å²) in [6, 6.07) is 7.36. The van der Waals surface area contributed by atoms with Gasteiger partial charge in [0.15, 0.2) is 0 Å². The highest BCUT2D eigenvalue weighted by molar-refractivity contribution is 9.10. The molecular formula is C9H6BrN5. The molecule has 0 aliphatic rings. The molecule has 1 heterocycles. The molecule has 0 aliphatic heterocycles. The van der Waals surface area contributed by atoms with E-state index in [1.54, 1.807) is 18.2 Å². The topological polar surface area (TPSA) is 80.5 Å². The highest BCUT2D eigenvalue weighted by atomic mass is 79.9. The van der Waals surface area contributed by atoms with Gasteiger partial charge in [-0.15, -0.1) is 5.10 Å². The van der Waals surface area contributed by atoms with Gasteiger partial charge in [0.1, 0.15) is 12.4 Å². The van der Waals surface area contributed by atoms with Gasteiger partial charge in [-0.1, -0.05) is 15.9 Å². The van der Waals surface area contributed by atoms with Crippen molar-refractivity contribution in [2.24, 2.45) is 0 Å². The fraction of sp³-hybridized carbons (Fsp3) is 0. The maximum Gasteiger partial charge on any atom is 0.239 e. The zero-order valence-corrected chi connectivity index (χ0v) is 9.14. The van der Waals surface area contributed by atoms with Crippen LogP contribution in [0.4, 0.5) is 5.95 Å². The van der Waals surface area contributed by atoms with Gasteiger partial charge in [-0.3, -0.25) is 0 Å². The van der Waals surface area contributed by atoms with E-state index in [0.29, 0.717) is 11.3 Å². The first-order valence-corrected chi connectivity index (χ1v) is 4.87. The van der Waals surface area contributed by atoms with Gasteiger partial charge < -0.3 is 5.73 Å². The third-order valence-electron chi connectivity index (χ3n) is 1.84. The molecule has 0 atom stereocenters. The molecule has 1 aromatic carbocycles. The smallest absolute Gasteiger partial charge is 0.239 e. The Kier molecular flexibility index (Phi) is 2.39. The lowest BCUT2D eigenvalue weighted by Crippen LogP contribution is -1.99. The van der Waals surface area contributed by atoms with Crippen LogP contribution in [0.25, 0.3) is 5.69 Å². The van der Waals surface area contributed by atoms with Crippen LogP contribution in [0.3, 0.4) is 0 Å². The van der Waals surface area contributed by atoms with Gasteiger partial charge in [-0.25, -0.2) is 9.67 Å². The summed E-state index contributed by atoms with van der Waals surface area (Å²) in [6.07, 6.45) is 1.47. The van der Waals surface area contributed by atoms with Gasteiger partial charge in [-0.2, -0.15) is 5.26 Å². The number of nitrogens with zero attached hydrogens (tertiary/aromatic N) is 4. The Labute approximate surface area is 94.3 Å². The lowest BCUT2D eigenvalue weighted by atomic mass is 10.2. The van der Waals surface area contributed by atoms with Crippen LogP contribution in [0.5, 0.6) is 0 Å². The Hall–Kier alpha value is -1.87. The number of halogens is 1. The zero-order chi connectivity index (χ0) is 10.8. The Morgan fingerprint density at radius 1 is 1.47 bits per heavy atom. The third-order valence-corrected chi connectivity index (χ3v) is 2.33. The minimum absolute atomic E-state index is 0.180. The van der Waals surface area contributed by atoms with E-state index in [4.69, 9.17) is 11.0 Å². The van der Waals surface area contributed by atoms with E-state index in [1.165, 1.54) is 11.0 Å². The molecular weight excluding hydrogens is 258 g/mol. The second-order valence-corrected chi connectivity index (χ2v) is 3.74. The van der Waals surface area contributed by atoms with Crippen LogP contribution in [0.1, 0.15) is 5.56 Å². The van der Waals surface area contributed by atoms with Crippen molar-refractivity contribution in [1.82, 2.24) is 14.8 Å². The Morgan fingerprint density at radius 3 is 2.87 bits per heavy atom. The average molecular weight is 264 g/mol. The molecule has 0 bridgehead atoms. The zero-order valence-electron chi connectivity index (χ0n) is 7.55. The number of anilines is 1. The molecule has 0 amide bonds. The Morgan fingerprint density at radius 2 is 2.27 bits per heavy atom. The van der Waals surface area contributed by atoms with Crippen molar-refractivity contribution in [2.75, 3.05) is 5.73 Å². The highest BCUT2D eigenvalue weighted by Gasteiger charge is 2.06. The molecule has 6 heteroatoms. The molecule has 2 N–H and O–H groups in total. The van der Waals surface area contributed by atoms with Crippen molar-refractivity contribution in [1.29, 1.82) is 5.26 Å². The SMILES string of the molecule is N#Cc1ccc(Br)cc1-n1cnc(N)n1. The lowest BCUT2D eigenvalue weighted by molar-refractivity contribution is 0.879. The molecule has 0 spiro atoms. The summed E-state index contributed by atoms with van der Waals surface area (Å²) in [5.41, 5.74) is 6.57. The van der Waals surface area contributed by atoms with Gasteiger partial charge in [-0.05, 0) is 18.2 Å². The predicted octanol–water partition coefficient (Wildman–Crippen LogP) is 1.48. The van der Waals surface area contributed by atoms with Gasteiger partial charge in [0.05, 0.1) is 11.3 Å². The second-order valence-electron chi connectivity index (χ2n) is 2.82. The summed E-state index contributed by atoms with van der Waals surface area (Å²) >= 11 is 3.33. The molecule has 15 heavy (non-hydrogen) atoms.